The average Bonchev–Trinajstić information content (AvgIpc) is 3.26. The molecule has 8 heteroatoms. The van der Waals surface area contributed by atoms with E-state index in [0.29, 0.717) is 6.54 Å². The quantitative estimate of drug-likeness (QED) is 0.807. The molecule has 0 bridgehead atoms. The third-order valence-electron chi connectivity index (χ3n) is 4.91. The first-order valence-corrected chi connectivity index (χ1v) is 8.66. The van der Waals surface area contributed by atoms with Gasteiger partial charge in [0.15, 0.2) is 0 Å². The minimum Gasteiger partial charge on any atom is -0.395 e. The summed E-state index contributed by atoms with van der Waals surface area (Å²) in [5.74, 6) is 0.266. The van der Waals surface area contributed by atoms with Gasteiger partial charge in [-0.3, -0.25) is 14.4 Å². The largest absolute Gasteiger partial charge is 0.395 e. The average molecular weight is 342 g/mol. The van der Waals surface area contributed by atoms with Gasteiger partial charge in [0.2, 0.25) is 5.91 Å². The second-order valence-corrected chi connectivity index (χ2v) is 6.87. The first-order chi connectivity index (χ1) is 12.2. The SMILES string of the molecule is O=C(Nc1cnn([C@H]2C[C@@H](CO)N(Cc3cncnc3)C2)c1)C1CC1. The summed E-state index contributed by atoms with van der Waals surface area (Å²) in [4.78, 5) is 22.2. The molecule has 8 nitrogen and oxygen atoms in total. The van der Waals surface area contributed by atoms with Crippen molar-refractivity contribution < 1.29 is 9.90 Å². The summed E-state index contributed by atoms with van der Waals surface area (Å²) in [5.41, 5.74) is 1.77. The molecule has 25 heavy (non-hydrogen) atoms. The number of hydrogen-bond acceptors (Lipinski definition) is 6. The van der Waals surface area contributed by atoms with Gasteiger partial charge in [-0.15, -0.1) is 0 Å². The van der Waals surface area contributed by atoms with Crippen molar-refractivity contribution in [1.82, 2.24) is 24.6 Å². The Balaban J connectivity index is 1.41. The van der Waals surface area contributed by atoms with Gasteiger partial charge in [-0.2, -0.15) is 5.10 Å². The molecular weight excluding hydrogens is 320 g/mol. The van der Waals surface area contributed by atoms with Crippen LogP contribution in [-0.2, 0) is 11.3 Å². The van der Waals surface area contributed by atoms with Crippen molar-refractivity contribution in [2.45, 2.75) is 37.9 Å². The molecule has 1 aliphatic heterocycles. The summed E-state index contributed by atoms with van der Waals surface area (Å²) in [7, 11) is 0. The predicted octanol–water partition coefficient (Wildman–Crippen LogP) is 0.829. The molecule has 3 heterocycles. The van der Waals surface area contributed by atoms with Crippen LogP contribution in [0.25, 0.3) is 0 Å². The zero-order valence-corrected chi connectivity index (χ0v) is 14.0. The highest BCUT2D eigenvalue weighted by molar-refractivity contribution is 5.93. The Morgan fingerprint density at radius 1 is 1.28 bits per heavy atom. The number of aliphatic hydroxyl groups is 1. The van der Waals surface area contributed by atoms with Crippen molar-refractivity contribution in [1.29, 1.82) is 0 Å². The van der Waals surface area contributed by atoms with Gasteiger partial charge in [-0.05, 0) is 19.3 Å². The summed E-state index contributed by atoms with van der Waals surface area (Å²) in [5, 5.41) is 17.0. The fraction of sp³-hybridized carbons (Fsp3) is 0.529. The number of anilines is 1. The zero-order valence-electron chi connectivity index (χ0n) is 14.0. The van der Waals surface area contributed by atoms with Gasteiger partial charge in [0.05, 0.1) is 24.5 Å². The smallest absolute Gasteiger partial charge is 0.227 e. The van der Waals surface area contributed by atoms with E-state index in [-0.39, 0.29) is 30.5 Å². The van der Waals surface area contributed by atoms with Crippen LogP contribution in [0.1, 0.15) is 30.9 Å². The number of carbonyl (C=O) groups excluding carboxylic acids is 1. The summed E-state index contributed by atoms with van der Waals surface area (Å²) in [6, 6.07) is 0.257. The predicted molar refractivity (Wildman–Crippen MR) is 90.6 cm³/mol. The van der Waals surface area contributed by atoms with Crippen LogP contribution >= 0.6 is 0 Å². The number of hydrogen-bond donors (Lipinski definition) is 2. The summed E-state index contributed by atoms with van der Waals surface area (Å²) in [6.45, 7) is 1.60. The molecule has 2 aliphatic rings. The zero-order chi connectivity index (χ0) is 17.2. The highest BCUT2D eigenvalue weighted by atomic mass is 16.3. The maximum atomic E-state index is 11.9. The van der Waals surface area contributed by atoms with Crippen molar-refractivity contribution >= 4 is 11.6 Å². The van der Waals surface area contributed by atoms with Gasteiger partial charge in [-0.25, -0.2) is 9.97 Å². The van der Waals surface area contributed by atoms with Crippen molar-refractivity contribution in [2.24, 2.45) is 5.92 Å². The number of carbonyl (C=O) groups is 1. The Kier molecular flexibility index (Phi) is 4.46. The summed E-state index contributed by atoms with van der Waals surface area (Å²) >= 11 is 0. The molecule has 4 rings (SSSR count). The lowest BCUT2D eigenvalue weighted by molar-refractivity contribution is -0.117. The van der Waals surface area contributed by atoms with E-state index in [1.54, 1.807) is 18.6 Å². The van der Waals surface area contributed by atoms with Crippen LogP contribution in [0.2, 0.25) is 0 Å². The van der Waals surface area contributed by atoms with Gasteiger partial charge in [0.1, 0.15) is 6.33 Å². The molecule has 1 saturated carbocycles. The Morgan fingerprint density at radius 3 is 2.80 bits per heavy atom. The molecule has 2 aromatic rings. The van der Waals surface area contributed by atoms with Crippen molar-refractivity contribution in [3.8, 4) is 0 Å². The number of nitrogens with one attached hydrogen (secondary N) is 1. The highest BCUT2D eigenvalue weighted by Gasteiger charge is 2.33. The monoisotopic (exact) mass is 342 g/mol. The van der Waals surface area contributed by atoms with Gasteiger partial charge in [0.25, 0.3) is 0 Å². The Morgan fingerprint density at radius 2 is 2.08 bits per heavy atom. The molecule has 1 amide bonds. The summed E-state index contributed by atoms with van der Waals surface area (Å²) in [6.07, 6.45) is 11.5. The van der Waals surface area contributed by atoms with E-state index in [4.69, 9.17) is 0 Å². The molecule has 132 valence electrons. The molecule has 1 aliphatic carbocycles. The molecule has 1 saturated heterocycles. The maximum Gasteiger partial charge on any atom is 0.227 e. The van der Waals surface area contributed by atoms with Crippen LogP contribution in [0.5, 0.6) is 0 Å². The number of aromatic nitrogens is 4. The second-order valence-electron chi connectivity index (χ2n) is 6.87. The molecule has 0 aromatic carbocycles. The van der Waals surface area contributed by atoms with Crippen LogP contribution in [0.4, 0.5) is 5.69 Å². The number of aliphatic hydroxyl groups excluding tert-OH is 1. The van der Waals surface area contributed by atoms with Crippen LogP contribution < -0.4 is 5.32 Å². The molecule has 0 spiro atoms. The van der Waals surface area contributed by atoms with Gasteiger partial charge < -0.3 is 10.4 Å². The first-order valence-electron chi connectivity index (χ1n) is 8.66. The van der Waals surface area contributed by atoms with E-state index >= 15 is 0 Å². The van der Waals surface area contributed by atoms with Crippen molar-refractivity contribution in [2.75, 3.05) is 18.5 Å². The third-order valence-corrected chi connectivity index (χ3v) is 4.91. The number of nitrogens with zero attached hydrogens (tertiary/aromatic N) is 5. The van der Waals surface area contributed by atoms with Crippen LogP contribution in [0.3, 0.4) is 0 Å². The number of likely N-dealkylation sites (tertiary alicyclic amines) is 1. The second kappa shape index (κ2) is 6.89. The summed E-state index contributed by atoms with van der Waals surface area (Å²) < 4.78 is 1.90. The van der Waals surface area contributed by atoms with Gasteiger partial charge >= 0.3 is 0 Å². The molecule has 2 aromatic heterocycles. The lowest BCUT2D eigenvalue weighted by atomic mass is 10.2. The van der Waals surface area contributed by atoms with Crippen LogP contribution in [0.15, 0.2) is 31.1 Å². The van der Waals surface area contributed by atoms with Crippen LogP contribution in [-0.4, -0.2) is 54.9 Å². The van der Waals surface area contributed by atoms with E-state index in [1.807, 2.05) is 10.9 Å². The fourth-order valence-electron chi connectivity index (χ4n) is 3.37. The lowest BCUT2D eigenvalue weighted by Crippen LogP contribution is -2.31. The van der Waals surface area contributed by atoms with E-state index in [1.165, 1.54) is 6.33 Å². The molecule has 2 atom stereocenters. The molecule has 2 fully saturated rings. The topological polar surface area (TPSA) is 96.2 Å². The minimum atomic E-state index is 0.0823. The number of rotatable bonds is 6. The van der Waals surface area contributed by atoms with Gasteiger partial charge in [0, 0.05) is 49.2 Å². The number of amides is 1. The standard InChI is InChI=1S/C17H22N6O2/c24-10-16-3-15(9-22(16)7-12-4-18-11-19-5-12)23-8-14(6-20-23)21-17(25)13-1-2-13/h4-6,8,11,13,15-16,24H,1-3,7,9-10H2,(H,21,25)/t15-,16-/m0/s1. The Bertz CT molecular complexity index is 730. The molecule has 0 unspecified atom stereocenters. The normalized spacial score (nSPS) is 23.7. The molecule has 0 radical (unpaired) electrons. The lowest BCUT2D eigenvalue weighted by Gasteiger charge is -2.21. The van der Waals surface area contributed by atoms with E-state index in [9.17, 15) is 9.90 Å². The van der Waals surface area contributed by atoms with Crippen LogP contribution in [0, 0.1) is 5.92 Å². The first kappa shape index (κ1) is 16.2. The van der Waals surface area contributed by atoms with Gasteiger partial charge in [-0.1, -0.05) is 0 Å². The third kappa shape index (κ3) is 3.69. The van der Waals surface area contributed by atoms with Crippen molar-refractivity contribution in [3.63, 3.8) is 0 Å². The van der Waals surface area contributed by atoms with E-state index < -0.39 is 0 Å². The highest BCUT2D eigenvalue weighted by Crippen LogP contribution is 2.31. The van der Waals surface area contributed by atoms with E-state index in [2.05, 4.69) is 25.3 Å². The maximum absolute atomic E-state index is 11.9. The van der Waals surface area contributed by atoms with E-state index in [0.717, 1.165) is 37.1 Å². The Labute approximate surface area is 145 Å². The molecular formula is C17H22N6O2. The van der Waals surface area contributed by atoms with Crippen molar-refractivity contribution in [3.05, 3.63) is 36.7 Å². The molecule has 2 N–H and O–H groups in total. The fourth-order valence-corrected chi connectivity index (χ4v) is 3.37. The minimum absolute atomic E-state index is 0.0823. The Hall–Kier alpha value is -2.32.